The van der Waals surface area contributed by atoms with Gasteiger partial charge in [0.15, 0.2) is 0 Å². The molecule has 0 aliphatic rings. The van der Waals surface area contributed by atoms with Crippen LogP contribution in [0.5, 0.6) is 0 Å². The molecule has 0 saturated carbocycles. The molecule has 0 bridgehead atoms. The van der Waals surface area contributed by atoms with Crippen LogP contribution in [0.3, 0.4) is 0 Å². The number of aliphatic hydroxyl groups excluding tert-OH is 1. The third-order valence-corrected chi connectivity index (χ3v) is 2.02. The fraction of sp³-hybridized carbons (Fsp3) is 0.800. The highest BCUT2D eigenvalue weighted by molar-refractivity contribution is 4.96. The van der Waals surface area contributed by atoms with Crippen LogP contribution >= 0.6 is 0 Å². The Morgan fingerprint density at radius 1 is 1.50 bits per heavy atom. The lowest BCUT2D eigenvalue weighted by Crippen LogP contribution is -2.21. The van der Waals surface area contributed by atoms with Crippen LogP contribution in [0.4, 0.5) is 0 Å². The Labute approximate surface area is 74.9 Å². The Morgan fingerprint density at radius 2 is 2.00 bits per heavy atom. The first-order valence-corrected chi connectivity index (χ1v) is 4.35. The van der Waals surface area contributed by atoms with E-state index < -0.39 is 5.60 Å². The summed E-state index contributed by atoms with van der Waals surface area (Å²) < 4.78 is 0. The van der Waals surface area contributed by atoms with Gasteiger partial charge in [0.05, 0.1) is 5.60 Å². The Bertz CT molecular complexity index is 144. The Morgan fingerprint density at radius 3 is 2.25 bits per heavy atom. The lowest BCUT2D eigenvalue weighted by molar-refractivity contribution is 0.0618. The second-order valence-electron chi connectivity index (χ2n) is 4.08. The molecule has 1 atom stereocenters. The maximum Gasteiger partial charge on any atom is 0.0592 e. The Hall–Kier alpha value is -0.340. The zero-order valence-electron chi connectivity index (χ0n) is 8.30. The van der Waals surface area contributed by atoms with E-state index in [2.05, 4.69) is 6.58 Å². The van der Waals surface area contributed by atoms with E-state index >= 15 is 0 Å². The summed E-state index contributed by atoms with van der Waals surface area (Å²) in [7, 11) is 0. The van der Waals surface area contributed by atoms with Gasteiger partial charge < -0.3 is 10.2 Å². The van der Waals surface area contributed by atoms with E-state index in [1.807, 2.05) is 6.92 Å². The highest BCUT2D eigenvalue weighted by atomic mass is 16.3. The van der Waals surface area contributed by atoms with Crippen LogP contribution in [0.25, 0.3) is 0 Å². The third-order valence-electron chi connectivity index (χ3n) is 2.02. The average Bonchev–Trinajstić information content (AvgIpc) is 1.85. The first kappa shape index (κ1) is 11.7. The molecule has 0 aliphatic carbocycles. The molecule has 72 valence electrons. The normalized spacial score (nSPS) is 14.4. The highest BCUT2D eigenvalue weighted by Gasteiger charge is 2.16. The minimum Gasteiger partial charge on any atom is -0.396 e. The van der Waals surface area contributed by atoms with Crippen molar-refractivity contribution in [1.82, 2.24) is 0 Å². The third kappa shape index (κ3) is 5.33. The second-order valence-corrected chi connectivity index (χ2v) is 4.08. The second kappa shape index (κ2) is 4.63. The SMILES string of the molecule is C=C(C)[C@H](CO)CCC(C)(C)O. The molecule has 12 heavy (non-hydrogen) atoms. The molecule has 0 rings (SSSR count). The van der Waals surface area contributed by atoms with E-state index in [0.29, 0.717) is 6.42 Å². The van der Waals surface area contributed by atoms with E-state index in [9.17, 15) is 5.11 Å². The number of hydrogen-bond acceptors (Lipinski definition) is 2. The van der Waals surface area contributed by atoms with Crippen molar-refractivity contribution >= 4 is 0 Å². The van der Waals surface area contributed by atoms with Crippen molar-refractivity contribution < 1.29 is 10.2 Å². The summed E-state index contributed by atoms with van der Waals surface area (Å²) in [6.45, 7) is 9.38. The summed E-state index contributed by atoms with van der Waals surface area (Å²) in [6, 6.07) is 0. The molecule has 0 fully saturated rings. The summed E-state index contributed by atoms with van der Waals surface area (Å²) in [6.07, 6.45) is 1.50. The topological polar surface area (TPSA) is 40.5 Å². The van der Waals surface area contributed by atoms with E-state index in [-0.39, 0.29) is 12.5 Å². The molecule has 0 aromatic rings. The van der Waals surface area contributed by atoms with Gasteiger partial charge in [-0.25, -0.2) is 0 Å². The van der Waals surface area contributed by atoms with Crippen molar-refractivity contribution in [2.75, 3.05) is 6.61 Å². The average molecular weight is 172 g/mol. The van der Waals surface area contributed by atoms with Crippen molar-refractivity contribution in [3.8, 4) is 0 Å². The summed E-state index contributed by atoms with van der Waals surface area (Å²) in [4.78, 5) is 0. The van der Waals surface area contributed by atoms with E-state index in [1.165, 1.54) is 0 Å². The van der Waals surface area contributed by atoms with Crippen LogP contribution < -0.4 is 0 Å². The zero-order valence-corrected chi connectivity index (χ0v) is 8.30. The maximum atomic E-state index is 9.43. The summed E-state index contributed by atoms with van der Waals surface area (Å²) in [5.41, 5.74) is 0.352. The predicted molar refractivity (Wildman–Crippen MR) is 50.9 cm³/mol. The fourth-order valence-electron chi connectivity index (χ4n) is 1.02. The lowest BCUT2D eigenvalue weighted by Gasteiger charge is -2.21. The molecule has 0 unspecified atom stereocenters. The molecule has 0 heterocycles. The molecule has 0 aromatic heterocycles. The maximum absolute atomic E-state index is 9.43. The molecule has 0 saturated heterocycles. The zero-order chi connectivity index (χ0) is 9.78. The number of rotatable bonds is 5. The van der Waals surface area contributed by atoms with Crippen LogP contribution in [0, 0.1) is 5.92 Å². The van der Waals surface area contributed by atoms with E-state index in [1.54, 1.807) is 13.8 Å². The van der Waals surface area contributed by atoms with Gasteiger partial charge in [-0.3, -0.25) is 0 Å². The first-order valence-electron chi connectivity index (χ1n) is 4.35. The molecule has 0 aromatic carbocycles. The molecular weight excluding hydrogens is 152 g/mol. The molecule has 0 amide bonds. The van der Waals surface area contributed by atoms with Gasteiger partial charge in [0.25, 0.3) is 0 Å². The van der Waals surface area contributed by atoms with Crippen LogP contribution in [0.15, 0.2) is 12.2 Å². The van der Waals surface area contributed by atoms with Gasteiger partial charge in [-0.05, 0) is 33.6 Å². The fourth-order valence-corrected chi connectivity index (χ4v) is 1.02. The molecule has 0 spiro atoms. The summed E-state index contributed by atoms with van der Waals surface area (Å²) in [5, 5.41) is 18.4. The van der Waals surface area contributed by atoms with Gasteiger partial charge in [-0.15, -0.1) is 0 Å². The molecule has 0 radical (unpaired) electrons. The van der Waals surface area contributed by atoms with Gasteiger partial charge >= 0.3 is 0 Å². The molecule has 2 N–H and O–H groups in total. The van der Waals surface area contributed by atoms with Gasteiger partial charge in [-0.2, -0.15) is 0 Å². The van der Waals surface area contributed by atoms with Gasteiger partial charge in [0.2, 0.25) is 0 Å². The Balaban J connectivity index is 3.81. The van der Waals surface area contributed by atoms with E-state index in [4.69, 9.17) is 5.11 Å². The number of aliphatic hydroxyl groups is 2. The van der Waals surface area contributed by atoms with Gasteiger partial charge in [0, 0.05) is 12.5 Å². The van der Waals surface area contributed by atoms with Crippen molar-refractivity contribution in [3.05, 3.63) is 12.2 Å². The van der Waals surface area contributed by atoms with Gasteiger partial charge in [-0.1, -0.05) is 12.2 Å². The molecular formula is C10H20O2. The largest absolute Gasteiger partial charge is 0.396 e. The minimum atomic E-state index is -0.636. The first-order chi connectivity index (χ1) is 5.37. The smallest absolute Gasteiger partial charge is 0.0592 e. The van der Waals surface area contributed by atoms with E-state index in [0.717, 1.165) is 12.0 Å². The summed E-state index contributed by atoms with van der Waals surface area (Å²) in [5.74, 6) is 0.136. The number of hydrogen-bond donors (Lipinski definition) is 2. The van der Waals surface area contributed by atoms with Crippen molar-refractivity contribution in [3.63, 3.8) is 0 Å². The standard InChI is InChI=1S/C10H20O2/c1-8(2)9(7-11)5-6-10(3,4)12/h9,11-12H,1,5-7H2,2-4H3/t9-/m0/s1. The monoisotopic (exact) mass is 172 g/mol. The van der Waals surface area contributed by atoms with Crippen LogP contribution in [-0.2, 0) is 0 Å². The lowest BCUT2D eigenvalue weighted by atomic mass is 9.91. The van der Waals surface area contributed by atoms with Crippen molar-refractivity contribution in [2.24, 2.45) is 5.92 Å². The van der Waals surface area contributed by atoms with Crippen molar-refractivity contribution in [1.29, 1.82) is 0 Å². The van der Waals surface area contributed by atoms with Crippen LogP contribution in [0.1, 0.15) is 33.6 Å². The molecule has 0 aliphatic heterocycles. The highest BCUT2D eigenvalue weighted by Crippen LogP contribution is 2.19. The van der Waals surface area contributed by atoms with Gasteiger partial charge in [0.1, 0.15) is 0 Å². The summed E-state index contributed by atoms with van der Waals surface area (Å²) >= 11 is 0. The van der Waals surface area contributed by atoms with Crippen molar-refractivity contribution in [2.45, 2.75) is 39.2 Å². The molecule has 2 nitrogen and oxygen atoms in total. The van der Waals surface area contributed by atoms with Crippen LogP contribution in [0.2, 0.25) is 0 Å². The Kier molecular flexibility index (Phi) is 4.50. The van der Waals surface area contributed by atoms with Crippen LogP contribution in [-0.4, -0.2) is 22.4 Å². The quantitative estimate of drug-likeness (QED) is 0.620. The molecule has 2 heteroatoms. The predicted octanol–water partition coefficient (Wildman–Crippen LogP) is 1.72. The minimum absolute atomic E-state index is 0.130.